The summed E-state index contributed by atoms with van der Waals surface area (Å²) in [7, 11) is 1.60. The summed E-state index contributed by atoms with van der Waals surface area (Å²) in [6, 6.07) is 19.8. The van der Waals surface area contributed by atoms with Gasteiger partial charge in [-0.15, -0.1) is 11.3 Å². The molecule has 0 bridgehead atoms. The largest absolute Gasteiger partial charge is 0.355 e. The van der Waals surface area contributed by atoms with Gasteiger partial charge in [-0.2, -0.15) is 11.8 Å². The first-order chi connectivity index (χ1) is 14.6. The Hall–Kier alpha value is -2.16. The number of carbonyl (C=O) groups excluding carboxylic acids is 2. The Morgan fingerprint density at radius 1 is 1.10 bits per heavy atom. The fraction of sp³-hybridized carbons (Fsp3) is 0.227. The van der Waals surface area contributed by atoms with E-state index in [4.69, 9.17) is 0 Å². The van der Waals surface area contributed by atoms with Crippen molar-refractivity contribution in [1.82, 2.24) is 15.6 Å². The van der Waals surface area contributed by atoms with Crippen LogP contribution in [0.15, 0.2) is 70.5 Å². The van der Waals surface area contributed by atoms with Gasteiger partial charge in [-0.1, -0.05) is 64.5 Å². The molecule has 8 heteroatoms. The van der Waals surface area contributed by atoms with Crippen LogP contribution in [0, 0.1) is 0 Å². The van der Waals surface area contributed by atoms with E-state index in [-0.39, 0.29) is 11.8 Å². The number of benzene rings is 2. The molecule has 1 aliphatic rings. The second kappa shape index (κ2) is 14.0. The lowest BCUT2D eigenvalue weighted by Crippen LogP contribution is -2.23. The van der Waals surface area contributed by atoms with Crippen molar-refractivity contribution in [3.63, 3.8) is 0 Å². The molecule has 2 N–H and O–H groups in total. The summed E-state index contributed by atoms with van der Waals surface area (Å²) in [6.07, 6.45) is 1.12. The molecule has 0 spiro atoms. The molecule has 30 heavy (non-hydrogen) atoms. The number of halogens is 1. The first kappa shape index (κ1) is 24.1. The highest BCUT2D eigenvalue weighted by Crippen LogP contribution is 2.21. The minimum absolute atomic E-state index is 0.137. The monoisotopic (exact) mass is 505 g/mol. The van der Waals surface area contributed by atoms with Gasteiger partial charge < -0.3 is 10.6 Å². The first-order valence-electron chi connectivity index (χ1n) is 9.38. The van der Waals surface area contributed by atoms with Crippen molar-refractivity contribution in [3.8, 4) is 11.3 Å². The average Bonchev–Trinajstić information content (AvgIpc) is 3.16. The minimum atomic E-state index is -0.137. The highest BCUT2D eigenvalue weighted by molar-refractivity contribution is 9.10. The smallest absolute Gasteiger partial charge is 0.280 e. The van der Waals surface area contributed by atoms with Gasteiger partial charge in [0.05, 0.1) is 11.4 Å². The molecule has 5 nitrogen and oxygen atoms in total. The van der Waals surface area contributed by atoms with Crippen LogP contribution in [0.3, 0.4) is 0 Å². The lowest BCUT2D eigenvalue weighted by molar-refractivity contribution is -0.118. The molecule has 158 valence electrons. The summed E-state index contributed by atoms with van der Waals surface area (Å²) in [5, 5.41) is 7.73. The molecule has 1 fully saturated rings. The van der Waals surface area contributed by atoms with Gasteiger partial charge in [0.2, 0.25) is 5.91 Å². The number of nitrogens with one attached hydrogen (secondary N) is 2. The molecule has 2 heterocycles. The van der Waals surface area contributed by atoms with E-state index in [1.54, 1.807) is 18.8 Å². The summed E-state index contributed by atoms with van der Waals surface area (Å²) >= 11 is 6.38. The number of aromatic nitrogens is 1. The van der Waals surface area contributed by atoms with Crippen molar-refractivity contribution in [2.24, 2.45) is 0 Å². The molecule has 1 saturated heterocycles. The molecule has 2 aromatic carbocycles. The maximum absolute atomic E-state index is 11.3. The number of thiazole rings is 1. The molecule has 0 radical (unpaired) electrons. The van der Waals surface area contributed by atoms with E-state index < -0.39 is 0 Å². The number of amides is 2. The van der Waals surface area contributed by atoms with Gasteiger partial charge in [-0.05, 0) is 24.3 Å². The Balaban J connectivity index is 0.000000179. The van der Waals surface area contributed by atoms with Crippen molar-refractivity contribution >= 4 is 50.8 Å². The molecule has 2 amide bonds. The SMILES string of the molecule is Brc1ccccc1.CNC(=O)c1nc(-c2ccccc2)cs1.O=C1CSCCCN1. The van der Waals surface area contributed by atoms with E-state index in [2.05, 4.69) is 31.5 Å². The van der Waals surface area contributed by atoms with Gasteiger partial charge in [-0.3, -0.25) is 9.59 Å². The van der Waals surface area contributed by atoms with Gasteiger partial charge in [0.1, 0.15) is 0 Å². The Labute approximate surface area is 193 Å². The van der Waals surface area contributed by atoms with Crippen molar-refractivity contribution in [2.75, 3.05) is 25.1 Å². The fourth-order valence-electron chi connectivity index (χ4n) is 2.26. The van der Waals surface area contributed by atoms with Crippen LogP contribution in [0.25, 0.3) is 11.3 Å². The maximum Gasteiger partial charge on any atom is 0.280 e. The van der Waals surface area contributed by atoms with E-state index in [0.29, 0.717) is 10.8 Å². The molecule has 1 aliphatic heterocycles. The summed E-state index contributed by atoms with van der Waals surface area (Å²) < 4.78 is 1.13. The van der Waals surface area contributed by atoms with Gasteiger partial charge in [0.25, 0.3) is 5.91 Å². The highest BCUT2D eigenvalue weighted by atomic mass is 79.9. The highest BCUT2D eigenvalue weighted by Gasteiger charge is 2.09. The number of carbonyl (C=O) groups is 2. The van der Waals surface area contributed by atoms with Gasteiger partial charge in [-0.25, -0.2) is 4.98 Å². The summed E-state index contributed by atoms with van der Waals surface area (Å²) in [5.41, 5.74) is 1.88. The average molecular weight is 506 g/mol. The third-order valence-corrected chi connectivity index (χ3v) is 6.16. The zero-order valence-corrected chi connectivity index (χ0v) is 19.9. The van der Waals surface area contributed by atoms with Crippen LogP contribution in [-0.4, -0.2) is 41.9 Å². The van der Waals surface area contributed by atoms with E-state index >= 15 is 0 Å². The van der Waals surface area contributed by atoms with E-state index in [9.17, 15) is 9.59 Å². The predicted molar refractivity (Wildman–Crippen MR) is 130 cm³/mol. The zero-order chi connectivity index (χ0) is 21.6. The first-order valence-corrected chi connectivity index (χ1v) is 12.2. The third kappa shape index (κ3) is 9.11. The molecule has 0 aliphatic carbocycles. The number of rotatable bonds is 2. The van der Waals surface area contributed by atoms with Crippen LogP contribution < -0.4 is 10.6 Å². The lowest BCUT2D eigenvalue weighted by Gasteiger charge is -1.94. The Bertz CT molecular complexity index is 895. The number of hydrogen-bond donors (Lipinski definition) is 2. The molecule has 0 saturated carbocycles. The fourth-order valence-corrected chi connectivity index (χ4v) is 4.12. The van der Waals surface area contributed by atoms with Crippen molar-refractivity contribution in [1.29, 1.82) is 0 Å². The van der Waals surface area contributed by atoms with Crippen LogP contribution in [0.2, 0.25) is 0 Å². The Morgan fingerprint density at radius 3 is 2.37 bits per heavy atom. The molecular weight excluding hydrogens is 482 g/mol. The van der Waals surface area contributed by atoms with Gasteiger partial charge >= 0.3 is 0 Å². The van der Waals surface area contributed by atoms with Gasteiger partial charge in [0.15, 0.2) is 5.01 Å². The molecule has 1 aromatic heterocycles. The van der Waals surface area contributed by atoms with Crippen LogP contribution >= 0.6 is 39.0 Å². The van der Waals surface area contributed by atoms with E-state index in [1.807, 2.05) is 66.0 Å². The van der Waals surface area contributed by atoms with Gasteiger partial charge in [0, 0.05) is 29.0 Å². The van der Waals surface area contributed by atoms with Crippen LogP contribution in [0.1, 0.15) is 16.2 Å². The number of nitrogens with zero attached hydrogens (tertiary/aromatic N) is 1. The van der Waals surface area contributed by atoms with Crippen molar-refractivity contribution in [3.05, 3.63) is 75.5 Å². The van der Waals surface area contributed by atoms with Crippen molar-refractivity contribution < 1.29 is 9.59 Å². The second-order valence-electron chi connectivity index (χ2n) is 6.03. The number of hydrogen-bond acceptors (Lipinski definition) is 5. The summed E-state index contributed by atoms with van der Waals surface area (Å²) in [5.74, 6) is 1.83. The molecule has 0 atom stereocenters. The van der Waals surface area contributed by atoms with Crippen molar-refractivity contribution in [2.45, 2.75) is 6.42 Å². The normalized spacial score (nSPS) is 12.8. The summed E-state index contributed by atoms with van der Waals surface area (Å²) in [4.78, 5) is 26.1. The quantitative estimate of drug-likeness (QED) is 0.521. The summed E-state index contributed by atoms with van der Waals surface area (Å²) in [6.45, 7) is 0.867. The zero-order valence-electron chi connectivity index (χ0n) is 16.6. The Morgan fingerprint density at radius 2 is 1.77 bits per heavy atom. The number of thioether (sulfide) groups is 1. The van der Waals surface area contributed by atoms with Crippen LogP contribution in [0.5, 0.6) is 0 Å². The predicted octanol–water partition coefficient (Wildman–Crippen LogP) is 4.86. The molecule has 4 rings (SSSR count). The molecule has 0 unspecified atom stereocenters. The van der Waals surface area contributed by atoms with E-state index in [1.165, 1.54) is 11.3 Å². The maximum atomic E-state index is 11.3. The van der Waals surface area contributed by atoms with Crippen LogP contribution in [0.4, 0.5) is 0 Å². The van der Waals surface area contributed by atoms with E-state index in [0.717, 1.165) is 34.4 Å². The second-order valence-corrected chi connectivity index (χ2v) is 8.91. The Kier molecular flexibility index (Phi) is 11.2. The van der Waals surface area contributed by atoms with Crippen LogP contribution in [-0.2, 0) is 4.79 Å². The lowest BCUT2D eigenvalue weighted by atomic mass is 10.2. The third-order valence-electron chi connectivity index (χ3n) is 3.75. The molecule has 3 aromatic rings. The standard InChI is InChI=1S/C11H10N2OS.C6H5Br.C5H9NOS/c1-12-10(14)11-13-9(7-15-11)8-5-3-2-4-6-8;7-6-4-2-1-3-5-6;7-5-4-8-3-1-2-6-5/h2-7H,1H3,(H,12,14);1-5H;1-4H2,(H,6,7). The minimum Gasteiger partial charge on any atom is -0.355 e. The molecular formula is C22H24BrN3O2S2. The topological polar surface area (TPSA) is 71.1 Å².